The highest BCUT2D eigenvalue weighted by Gasteiger charge is 2.10. The van der Waals surface area contributed by atoms with Gasteiger partial charge in [-0.2, -0.15) is 5.26 Å². The molecule has 0 spiro atoms. The Morgan fingerprint density at radius 2 is 2.36 bits per heavy atom. The van der Waals surface area contributed by atoms with Crippen LogP contribution in [0.25, 0.3) is 0 Å². The topological polar surface area (TPSA) is 33.0 Å². The van der Waals surface area contributed by atoms with E-state index in [4.69, 9.17) is 10.00 Å². The summed E-state index contributed by atoms with van der Waals surface area (Å²) in [6, 6.07) is 6.33. The Hall–Kier alpha value is -1.08. The lowest BCUT2D eigenvalue weighted by atomic mass is 10.3. The lowest BCUT2D eigenvalue weighted by Gasteiger charge is -2.10. The van der Waals surface area contributed by atoms with Gasteiger partial charge in [0, 0.05) is 4.47 Å². The minimum atomic E-state index is -0.598. The zero-order valence-electron chi connectivity index (χ0n) is 7.63. The van der Waals surface area contributed by atoms with E-state index in [0.717, 1.165) is 4.47 Å². The fourth-order valence-electron chi connectivity index (χ4n) is 0.922. The van der Waals surface area contributed by atoms with Crippen LogP contribution in [0, 0.1) is 17.1 Å². The molecular weight excluding hydrogens is 249 g/mol. The van der Waals surface area contributed by atoms with Crippen molar-refractivity contribution in [2.75, 3.05) is 0 Å². The van der Waals surface area contributed by atoms with Crippen molar-refractivity contribution in [1.29, 1.82) is 5.26 Å². The number of benzene rings is 1. The van der Waals surface area contributed by atoms with E-state index < -0.39 is 11.9 Å². The fourth-order valence-corrected chi connectivity index (χ4v) is 1.26. The number of nitrogens with zero attached hydrogens (tertiary/aromatic N) is 1. The van der Waals surface area contributed by atoms with Crippen molar-refractivity contribution in [2.45, 2.75) is 19.4 Å². The molecule has 1 rings (SSSR count). The normalized spacial score (nSPS) is 11.9. The third kappa shape index (κ3) is 2.71. The molecule has 0 bridgehead atoms. The van der Waals surface area contributed by atoms with Crippen molar-refractivity contribution < 1.29 is 9.13 Å². The van der Waals surface area contributed by atoms with Crippen LogP contribution in [-0.4, -0.2) is 6.10 Å². The Balaban J connectivity index is 2.86. The molecule has 1 atom stereocenters. The second-order valence-corrected chi connectivity index (χ2v) is 3.63. The molecule has 14 heavy (non-hydrogen) atoms. The van der Waals surface area contributed by atoms with Crippen molar-refractivity contribution >= 4 is 15.9 Å². The molecule has 1 aromatic rings. The van der Waals surface area contributed by atoms with Crippen LogP contribution in [0.5, 0.6) is 5.75 Å². The van der Waals surface area contributed by atoms with Gasteiger partial charge >= 0.3 is 0 Å². The smallest absolute Gasteiger partial charge is 0.184 e. The molecule has 0 aromatic heterocycles. The van der Waals surface area contributed by atoms with Gasteiger partial charge in [-0.05, 0) is 24.6 Å². The third-order valence-electron chi connectivity index (χ3n) is 1.68. The van der Waals surface area contributed by atoms with Crippen molar-refractivity contribution in [3.63, 3.8) is 0 Å². The van der Waals surface area contributed by atoms with Gasteiger partial charge in [-0.15, -0.1) is 0 Å². The van der Waals surface area contributed by atoms with Gasteiger partial charge in [-0.1, -0.05) is 22.9 Å². The van der Waals surface area contributed by atoms with Crippen LogP contribution in [0.15, 0.2) is 22.7 Å². The van der Waals surface area contributed by atoms with Gasteiger partial charge in [-0.3, -0.25) is 0 Å². The standard InChI is InChI=1S/C10H9BrFNO/c1-2-8(6-13)14-10-5-7(11)3-4-9(10)12/h3-5,8H,2H2,1H3. The average molecular weight is 258 g/mol. The van der Waals surface area contributed by atoms with Crippen molar-refractivity contribution in [3.05, 3.63) is 28.5 Å². The lowest BCUT2D eigenvalue weighted by Crippen LogP contribution is -2.13. The summed E-state index contributed by atoms with van der Waals surface area (Å²) in [5, 5.41) is 8.64. The Morgan fingerprint density at radius 3 is 2.93 bits per heavy atom. The van der Waals surface area contributed by atoms with Crippen LogP contribution >= 0.6 is 15.9 Å². The Labute approximate surface area is 90.4 Å². The summed E-state index contributed by atoms with van der Waals surface area (Å²) in [7, 11) is 0. The van der Waals surface area contributed by atoms with Gasteiger partial charge < -0.3 is 4.74 Å². The largest absolute Gasteiger partial charge is 0.472 e. The zero-order valence-corrected chi connectivity index (χ0v) is 9.21. The summed E-state index contributed by atoms with van der Waals surface area (Å²) in [6.07, 6.45) is -0.0681. The van der Waals surface area contributed by atoms with E-state index in [2.05, 4.69) is 15.9 Å². The second-order valence-electron chi connectivity index (χ2n) is 2.72. The lowest BCUT2D eigenvalue weighted by molar-refractivity contribution is 0.240. The molecule has 0 saturated heterocycles. The molecule has 0 aliphatic rings. The first-order chi connectivity index (χ1) is 6.67. The monoisotopic (exact) mass is 257 g/mol. The van der Waals surface area contributed by atoms with E-state index >= 15 is 0 Å². The summed E-state index contributed by atoms with van der Waals surface area (Å²) >= 11 is 3.20. The molecule has 0 aliphatic heterocycles. The SMILES string of the molecule is CCC(C#N)Oc1cc(Br)ccc1F. The van der Waals surface area contributed by atoms with Crippen LogP contribution < -0.4 is 4.74 Å². The Bertz CT molecular complexity index is 362. The molecule has 2 nitrogen and oxygen atoms in total. The summed E-state index contributed by atoms with van der Waals surface area (Å²) in [5.74, 6) is -0.352. The molecule has 74 valence electrons. The number of hydrogen-bond acceptors (Lipinski definition) is 2. The van der Waals surface area contributed by atoms with E-state index in [0.29, 0.717) is 6.42 Å². The van der Waals surface area contributed by atoms with E-state index in [1.54, 1.807) is 6.07 Å². The Kier molecular flexibility index (Phi) is 3.90. The van der Waals surface area contributed by atoms with Crippen molar-refractivity contribution in [1.82, 2.24) is 0 Å². The molecule has 0 N–H and O–H groups in total. The number of hydrogen-bond donors (Lipinski definition) is 0. The van der Waals surface area contributed by atoms with Gasteiger partial charge in [0.15, 0.2) is 17.7 Å². The minimum absolute atomic E-state index is 0.104. The maximum absolute atomic E-state index is 13.1. The third-order valence-corrected chi connectivity index (χ3v) is 2.17. The van der Waals surface area contributed by atoms with Crippen LogP contribution in [0.1, 0.15) is 13.3 Å². The number of ether oxygens (including phenoxy) is 1. The summed E-state index contributed by atoms with van der Waals surface area (Å²) in [4.78, 5) is 0. The number of nitriles is 1. The number of halogens is 2. The van der Waals surface area contributed by atoms with E-state index in [1.165, 1.54) is 12.1 Å². The first-order valence-electron chi connectivity index (χ1n) is 4.18. The second kappa shape index (κ2) is 4.97. The first kappa shape index (κ1) is 11.0. The molecule has 0 radical (unpaired) electrons. The van der Waals surface area contributed by atoms with E-state index in [9.17, 15) is 4.39 Å². The first-order valence-corrected chi connectivity index (χ1v) is 4.98. The van der Waals surface area contributed by atoms with Gasteiger partial charge in [0.1, 0.15) is 6.07 Å². The molecule has 1 aromatic carbocycles. The average Bonchev–Trinajstić information content (AvgIpc) is 2.19. The molecule has 0 aliphatic carbocycles. The van der Waals surface area contributed by atoms with Crippen molar-refractivity contribution in [2.24, 2.45) is 0 Å². The molecule has 0 fully saturated rings. The molecular formula is C10H9BrFNO. The predicted octanol–water partition coefficient (Wildman–Crippen LogP) is 3.27. The van der Waals surface area contributed by atoms with Crippen LogP contribution in [0.2, 0.25) is 0 Å². The highest BCUT2D eigenvalue weighted by Crippen LogP contribution is 2.23. The maximum Gasteiger partial charge on any atom is 0.184 e. The molecule has 0 heterocycles. The van der Waals surface area contributed by atoms with Crippen LogP contribution in [0.4, 0.5) is 4.39 Å². The quantitative estimate of drug-likeness (QED) is 0.833. The molecule has 0 saturated carbocycles. The van der Waals surface area contributed by atoms with Gasteiger partial charge in [0.25, 0.3) is 0 Å². The van der Waals surface area contributed by atoms with E-state index in [-0.39, 0.29) is 5.75 Å². The maximum atomic E-state index is 13.1. The van der Waals surface area contributed by atoms with Crippen molar-refractivity contribution in [3.8, 4) is 11.8 Å². The van der Waals surface area contributed by atoms with Crippen LogP contribution in [-0.2, 0) is 0 Å². The summed E-state index contributed by atoms with van der Waals surface area (Å²) < 4.78 is 19.0. The molecule has 4 heteroatoms. The summed E-state index contributed by atoms with van der Waals surface area (Å²) in [6.45, 7) is 1.81. The molecule has 0 amide bonds. The Morgan fingerprint density at radius 1 is 1.64 bits per heavy atom. The van der Waals surface area contributed by atoms with Crippen LogP contribution in [0.3, 0.4) is 0 Å². The van der Waals surface area contributed by atoms with Gasteiger partial charge in [-0.25, -0.2) is 4.39 Å². The number of rotatable bonds is 3. The summed E-state index contributed by atoms with van der Waals surface area (Å²) in [5.41, 5.74) is 0. The highest BCUT2D eigenvalue weighted by atomic mass is 79.9. The fraction of sp³-hybridized carbons (Fsp3) is 0.300. The van der Waals surface area contributed by atoms with Gasteiger partial charge in [0.2, 0.25) is 0 Å². The zero-order chi connectivity index (χ0) is 10.6. The predicted molar refractivity (Wildman–Crippen MR) is 54.4 cm³/mol. The molecule has 1 unspecified atom stereocenters. The highest BCUT2D eigenvalue weighted by molar-refractivity contribution is 9.10. The minimum Gasteiger partial charge on any atom is -0.472 e. The van der Waals surface area contributed by atoms with Gasteiger partial charge in [0.05, 0.1) is 0 Å². The van der Waals surface area contributed by atoms with E-state index in [1.807, 2.05) is 13.0 Å².